The van der Waals surface area contributed by atoms with Crippen molar-refractivity contribution in [3.8, 4) is 0 Å². The van der Waals surface area contributed by atoms with Gasteiger partial charge >= 0.3 is 0 Å². The number of halogens is 1. The highest BCUT2D eigenvalue weighted by Gasteiger charge is 2.29. The zero-order valence-electron chi connectivity index (χ0n) is 5.84. The third-order valence-electron chi connectivity index (χ3n) is 1.33. The zero-order chi connectivity index (χ0) is 8.59. The standard InChI is InChI=1S/C5H7BrN4O/c1-2-3(6)4(11)10(8)5(7)9-2/h3,7H,8H2,1H3. The highest BCUT2D eigenvalue weighted by molar-refractivity contribution is 9.10. The van der Waals surface area contributed by atoms with Crippen molar-refractivity contribution in [2.24, 2.45) is 10.8 Å². The van der Waals surface area contributed by atoms with E-state index in [4.69, 9.17) is 11.3 Å². The van der Waals surface area contributed by atoms with Crippen molar-refractivity contribution in [1.82, 2.24) is 5.01 Å². The lowest BCUT2D eigenvalue weighted by molar-refractivity contribution is -0.126. The van der Waals surface area contributed by atoms with Gasteiger partial charge in [0, 0.05) is 5.71 Å². The van der Waals surface area contributed by atoms with Crippen LogP contribution < -0.4 is 5.84 Å². The van der Waals surface area contributed by atoms with Crippen LogP contribution in [0.5, 0.6) is 0 Å². The largest absolute Gasteiger partial charge is 0.271 e. The van der Waals surface area contributed by atoms with Gasteiger partial charge in [-0.25, -0.2) is 15.8 Å². The van der Waals surface area contributed by atoms with Crippen LogP contribution in [0.15, 0.2) is 4.99 Å². The number of nitrogens with one attached hydrogen (secondary N) is 1. The molecule has 0 bridgehead atoms. The molecule has 1 aliphatic rings. The molecule has 0 aromatic carbocycles. The fourth-order valence-electron chi connectivity index (χ4n) is 0.683. The summed E-state index contributed by atoms with van der Waals surface area (Å²) in [6.45, 7) is 1.67. The minimum absolute atomic E-state index is 0.219. The maximum absolute atomic E-state index is 11.1. The van der Waals surface area contributed by atoms with E-state index in [1.165, 1.54) is 0 Å². The summed E-state index contributed by atoms with van der Waals surface area (Å²) >= 11 is 3.09. The lowest BCUT2D eigenvalue weighted by Crippen LogP contribution is -2.50. The van der Waals surface area contributed by atoms with Gasteiger partial charge in [-0.3, -0.25) is 10.2 Å². The van der Waals surface area contributed by atoms with Crippen molar-refractivity contribution in [3.05, 3.63) is 0 Å². The van der Waals surface area contributed by atoms with Crippen LogP contribution in [0.1, 0.15) is 6.92 Å². The number of carbonyl (C=O) groups is 1. The minimum atomic E-state index is -0.485. The predicted molar refractivity (Wildman–Crippen MR) is 44.6 cm³/mol. The maximum Gasteiger partial charge on any atom is 0.263 e. The molecular weight excluding hydrogens is 212 g/mol. The molecule has 1 amide bonds. The van der Waals surface area contributed by atoms with Crippen LogP contribution in [-0.4, -0.2) is 27.4 Å². The Labute approximate surface area is 71.9 Å². The van der Waals surface area contributed by atoms with Gasteiger partial charge in [0.05, 0.1) is 0 Å². The minimum Gasteiger partial charge on any atom is -0.271 e. The number of guanidine groups is 1. The molecular formula is C5H7BrN4O. The first-order valence-corrected chi connectivity index (χ1v) is 3.82. The number of rotatable bonds is 0. The average molecular weight is 219 g/mol. The number of aliphatic imine (C=N–C) groups is 1. The first-order valence-electron chi connectivity index (χ1n) is 2.90. The van der Waals surface area contributed by atoms with Crippen LogP contribution >= 0.6 is 15.9 Å². The third kappa shape index (κ3) is 1.31. The molecule has 0 saturated carbocycles. The summed E-state index contributed by atoms with van der Waals surface area (Å²) in [6.07, 6.45) is 0. The molecule has 5 nitrogen and oxygen atoms in total. The van der Waals surface area contributed by atoms with Gasteiger partial charge in [-0.1, -0.05) is 15.9 Å². The number of amides is 1. The number of hydrazine groups is 1. The first-order chi connectivity index (χ1) is 5.04. The number of hydrogen-bond acceptors (Lipinski definition) is 3. The molecule has 1 rings (SSSR count). The maximum atomic E-state index is 11.1. The normalized spacial score (nSPS) is 25.5. The van der Waals surface area contributed by atoms with Crippen molar-refractivity contribution < 1.29 is 4.79 Å². The fourth-order valence-corrected chi connectivity index (χ4v) is 1.01. The molecule has 1 aliphatic heterocycles. The van der Waals surface area contributed by atoms with Crippen LogP contribution in [0.25, 0.3) is 0 Å². The zero-order valence-corrected chi connectivity index (χ0v) is 7.42. The molecule has 0 radical (unpaired) electrons. The Bertz CT molecular complexity index is 249. The average Bonchev–Trinajstić information content (AvgIpc) is 1.97. The molecule has 0 saturated heterocycles. The molecule has 0 aromatic rings. The van der Waals surface area contributed by atoms with E-state index in [1.807, 2.05) is 0 Å². The van der Waals surface area contributed by atoms with Crippen LogP contribution in [0.2, 0.25) is 0 Å². The van der Waals surface area contributed by atoms with Crippen LogP contribution in [0.4, 0.5) is 0 Å². The Morgan fingerprint density at radius 3 is 2.91 bits per heavy atom. The van der Waals surface area contributed by atoms with Crippen molar-refractivity contribution in [2.45, 2.75) is 11.8 Å². The quantitative estimate of drug-likeness (QED) is 0.337. The van der Waals surface area contributed by atoms with Gasteiger partial charge in [0.25, 0.3) is 5.91 Å². The Balaban J connectivity index is 3.01. The number of nitrogens with zero attached hydrogens (tertiary/aromatic N) is 2. The van der Waals surface area contributed by atoms with Gasteiger partial charge in [0.2, 0.25) is 5.96 Å². The molecule has 1 heterocycles. The Morgan fingerprint density at radius 1 is 1.82 bits per heavy atom. The van der Waals surface area contributed by atoms with Gasteiger partial charge in [0.15, 0.2) is 0 Å². The molecule has 60 valence electrons. The second kappa shape index (κ2) is 2.71. The highest BCUT2D eigenvalue weighted by Crippen LogP contribution is 2.11. The van der Waals surface area contributed by atoms with Gasteiger partial charge < -0.3 is 0 Å². The van der Waals surface area contributed by atoms with Crippen LogP contribution in [0, 0.1) is 5.41 Å². The molecule has 0 spiro atoms. The summed E-state index contributed by atoms with van der Waals surface area (Å²) in [5.41, 5.74) is 0.557. The van der Waals surface area contributed by atoms with E-state index in [2.05, 4.69) is 20.9 Å². The number of nitrogens with two attached hydrogens (primary N) is 1. The van der Waals surface area contributed by atoms with E-state index < -0.39 is 4.83 Å². The van der Waals surface area contributed by atoms with Gasteiger partial charge in [0.1, 0.15) is 4.83 Å². The fraction of sp³-hybridized carbons (Fsp3) is 0.400. The van der Waals surface area contributed by atoms with Crippen molar-refractivity contribution >= 4 is 33.5 Å². The molecule has 0 fully saturated rings. The summed E-state index contributed by atoms with van der Waals surface area (Å²) in [5.74, 6) is 4.62. The Kier molecular flexibility index (Phi) is 2.05. The van der Waals surface area contributed by atoms with Crippen LogP contribution in [-0.2, 0) is 4.79 Å². The van der Waals surface area contributed by atoms with E-state index in [9.17, 15) is 4.79 Å². The third-order valence-corrected chi connectivity index (χ3v) is 2.39. The first kappa shape index (κ1) is 8.35. The van der Waals surface area contributed by atoms with E-state index >= 15 is 0 Å². The Morgan fingerprint density at radius 2 is 2.36 bits per heavy atom. The molecule has 1 atom stereocenters. The van der Waals surface area contributed by atoms with Gasteiger partial charge in [-0.05, 0) is 6.92 Å². The second-order valence-corrected chi connectivity index (χ2v) is 3.06. The predicted octanol–water partition coefficient (Wildman–Crippen LogP) is -0.139. The molecule has 1 unspecified atom stereocenters. The molecule has 6 heteroatoms. The lowest BCUT2D eigenvalue weighted by atomic mass is 10.2. The van der Waals surface area contributed by atoms with Crippen molar-refractivity contribution in [1.29, 1.82) is 5.41 Å². The van der Waals surface area contributed by atoms with Crippen LogP contribution in [0.3, 0.4) is 0 Å². The summed E-state index contributed by atoms with van der Waals surface area (Å²) in [6, 6.07) is 0. The van der Waals surface area contributed by atoms with E-state index in [-0.39, 0.29) is 11.9 Å². The van der Waals surface area contributed by atoms with Crippen molar-refractivity contribution in [2.75, 3.05) is 0 Å². The highest BCUT2D eigenvalue weighted by atomic mass is 79.9. The lowest BCUT2D eigenvalue weighted by Gasteiger charge is -2.22. The van der Waals surface area contributed by atoms with E-state index in [1.54, 1.807) is 6.92 Å². The Hall–Kier alpha value is -0.750. The smallest absolute Gasteiger partial charge is 0.263 e. The molecule has 11 heavy (non-hydrogen) atoms. The topological polar surface area (TPSA) is 82.5 Å². The number of hydrogen-bond donors (Lipinski definition) is 2. The monoisotopic (exact) mass is 218 g/mol. The summed E-state index contributed by atoms with van der Waals surface area (Å²) in [5, 5.41) is 7.83. The molecule has 3 N–H and O–H groups in total. The summed E-state index contributed by atoms with van der Waals surface area (Å²) in [7, 11) is 0. The molecule has 0 aliphatic carbocycles. The SMILES string of the molecule is CC1=NC(=N)N(N)C(=O)C1Br. The second-order valence-electron chi connectivity index (χ2n) is 2.15. The van der Waals surface area contributed by atoms with Gasteiger partial charge in [-0.15, -0.1) is 0 Å². The van der Waals surface area contributed by atoms with Gasteiger partial charge in [-0.2, -0.15) is 0 Å². The van der Waals surface area contributed by atoms with E-state index in [0.717, 1.165) is 0 Å². The number of carbonyl (C=O) groups excluding carboxylic acids is 1. The molecule has 0 aromatic heterocycles. The van der Waals surface area contributed by atoms with E-state index in [0.29, 0.717) is 10.7 Å². The number of alkyl halides is 1. The summed E-state index contributed by atoms with van der Waals surface area (Å²) < 4.78 is 0. The summed E-state index contributed by atoms with van der Waals surface area (Å²) in [4.78, 5) is 14.3. The van der Waals surface area contributed by atoms with Crippen molar-refractivity contribution in [3.63, 3.8) is 0 Å².